The number of carbonyl (C=O) groups is 1. The third-order valence-corrected chi connectivity index (χ3v) is 2.94. The second-order valence-corrected chi connectivity index (χ2v) is 3.91. The second-order valence-electron chi connectivity index (χ2n) is 3.91. The Morgan fingerprint density at radius 2 is 2.13 bits per heavy atom. The zero-order valence-electron chi connectivity index (χ0n) is 8.65. The van der Waals surface area contributed by atoms with E-state index < -0.39 is 0 Å². The van der Waals surface area contributed by atoms with Crippen LogP contribution in [-0.2, 0) is 17.6 Å². The molecule has 2 rings (SSSR count). The number of aromatic hydroxyl groups is 1. The molecule has 0 radical (unpaired) electrons. The molecule has 0 fully saturated rings. The Balaban J connectivity index is 2.24. The van der Waals surface area contributed by atoms with Crippen LogP contribution < -0.4 is 0 Å². The molecule has 1 aliphatic rings. The van der Waals surface area contributed by atoms with Crippen LogP contribution in [0.1, 0.15) is 17.5 Å². The van der Waals surface area contributed by atoms with Gasteiger partial charge in [-0.25, -0.2) is 0 Å². The highest BCUT2D eigenvalue weighted by atomic mass is 16.3. The molecule has 0 aliphatic carbocycles. The molecule has 1 aromatic carbocycles. The van der Waals surface area contributed by atoms with E-state index in [0.29, 0.717) is 5.75 Å². The average Bonchev–Trinajstić information content (AvgIpc) is 2.21. The molecule has 15 heavy (non-hydrogen) atoms. The van der Waals surface area contributed by atoms with E-state index in [1.807, 2.05) is 12.1 Å². The average molecular weight is 205 g/mol. The molecule has 1 heterocycles. The first-order chi connectivity index (χ1) is 7.31. The minimum atomic E-state index is 0.395. The third kappa shape index (κ3) is 2.12. The molecule has 1 aromatic rings. The van der Waals surface area contributed by atoms with Gasteiger partial charge in [-0.05, 0) is 36.5 Å². The van der Waals surface area contributed by atoms with Gasteiger partial charge in [0.15, 0.2) is 0 Å². The number of amides is 1. The predicted molar refractivity (Wildman–Crippen MR) is 57.8 cm³/mol. The van der Waals surface area contributed by atoms with Crippen molar-refractivity contribution in [3.8, 4) is 5.75 Å². The number of rotatable bonds is 1. The Labute approximate surface area is 89.3 Å². The van der Waals surface area contributed by atoms with Crippen molar-refractivity contribution < 1.29 is 9.90 Å². The summed E-state index contributed by atoms with van der Waals surface area (Å²) in [6.07, 6.45) is 3.52. The first-order valence-corrected chi connectivity index (χ1v) is 5.30. The minimum absolute atomic E-state index is 0.395. The maximum Gasteiger partial charge on any atom is 0.209 e. The Hall–Kier alpha value is -1.51. The zero-order chi connectivity index (χ0) is 10.7. The highest BCUT2D eigenvalue weighted by Crippen LogP contribution is 2.24. The van der Waals surface area contributed by atoms with Gasteiger partial charge >= 0.3 is 0 Å². The maximum atomic E-state index is 10.7. The van der Waals surface area contributed by atoms with Gasteiger partial charge in [-0.1, -0.05) is 12.1 Å². The van der Waals surface area contributed by atoms with Gasteiger partial charge in [-0.2, -0.15) is 0 Å². The Morgan fingerprint density at radius 3 is 2.93 bits per heavy atom. The van der Waals surface area contributed by atoms with Gasteiger partial charge in [0.05, 0.1) is 0 Å². The molecule has 1 N–H and O–H groups in total. The lowest BCUT2D eigenvalue weighted by atomic mass is 9.97. The van der Waals surface area contributed by atoms with E-state index in [1.165, 1.54) is 5.56 Å². The summed E-state index contributed by atoms with van der Waals surface area (Å²) >= 11 is 0. The first kappa shape index (κ1) is 10.0. The largest absolute Gasteiger partial charge is 0.508 e. The number of phenols is 1. The van der Waals surface area contributed by atoms with Crippen molar-refractivity contribution >= 4 is 6.41 Å². The minimum Gasteiger partial charge on any atom is -0.508 e. The van der Waals surface area contributed by atoms with Crippen LogP contribution in [0.3, 0.4) is 0 Å². The molecule has 0 bridgehead atoms. The normalized spacial score (nSPS) is 16.4. The van der Waals surface area contributed by atoms with Gasteiger partial charge < -0.3 is 10.0 Å². The fourth-order valence-corrected chi connectivity index (χ4v) is 2.08. The number of carbonyl (C=O) groups excluding carboxylic acids is 1. The molecule has 0 spiro atoms. The number of hydrogen-bond acceptors (Lipinski definition) is 2. The molecule has 0 unspecified atom stereocenters. The van der Waals surface area contributed by atoms with Crippen molar-refractivity contribution in [1.29, 1.82) is 0 Å². The predicted octanol–water partition coefficient (Wildman–Crippen LogP) is 1.34. The van der Waals surface area contributed by atoms with E-state index in [1.54, 1.807) is 11.0 Å². The molecule has 80 valence electrons. The number of benzene rings is 1. The summed E-state index contributed by atoms with van der Waals surface area (Å²) < 4.78 is 0. The van der Waals surface area contributed by atoms with Crippen LogP contribution in [0.25, 0.3) is 0 Å². The Bertz CT molecular complexity index is 363. The Morgan fingerprint density at radius 1 is 1.27 bits per heavy atom. The summed E-state index contributed by atoms with van der Waals surface area (Å²) in [5, 5.41) is 9.71. The number of phenolic OH excluding ortho intramolecular Hbond substituents is 1. The smallest absolute Gasteiger partial charge is 0.209 e. The van der Waals surface area contributed by atoms with Crippen molar-refractivity contribution in [3.63, 3.8) is 0 Å². The molecule has 1 amide bonds. The SMILES string of the molecule is O=CN1CCCc2c(O)cccc2CC1. The van der Waals surface area contributed by atoms with Crippen molar-refractivity contribution in [3.05, 3.63) is 29.3 Å². The fourth-order valence-electron chi connectivity index (χ4n) is 2.08. The van der Waals surface area contributed by atoms with Gasteiger partial charge in [0.1, 0.15) is 5.75 Å². The van der Waals surface area contributed by atoms with Crippen LogP contribution in [-0.4, -0.2) is 29.5 Å². The molecule has 0 aromatic heterocycles. The second kappa shape index (κ2) is 4.34. The summed E-state index contributed by atoms with van der Waals surface area (Å²) in [5.74, 6) is 0.395. The van der Waals surface area contributed by atoms with Gasteiger partial charge in [-0.15, -0.1) is 0 Å². The highest BCUT2D eigenvalue weighted by Gasteiger charge is 2.12. The summed E-state index contributed by atoms with van der Waals surface area (Å²) in [4.78, 5) is 12.5. The molecule has 3 nitrogen and oxygen atoms in total. The summed E-state index contributed by atoms with van der Waals surface area (Å²) in [6.45, 7) is 1.54. The van der Waals surface area contributed by atoms with Crippen LogP contribution >= 0.6 is 0 Å². The van der Waals surface area contributed by atoms with Crippen molar-refractivity contribution in [1.82, 2.24) is 4.90 Å². The summed E-state index contributed by atoms with van der Waals surface area (Å²) in [5.41, 5.74) is 2.23. The standard InChI is InChI=1S/C12H15NO2/c14-9-13-7-2-4-11-10(6-8-13)3-1-5-12(11)15/h1,3,5,9,15H,2,4,6-8H2. The molecule has 0 atom stereocenters. The molecule has 0 saturated heterocycles. The summed E-state index contributed by atoms with van der Waals surface area (Å²) in [6, 6.07) is 5.63. The van der Waals surface area contributed by atoms with Gasteiger partial charge in [0, 0.05) is 13.1 Å². The number of fused-ring (bicyclic) bond motifs is 1. The zero-order valence-corrected chi connectivity index (χ0v) is 8.65. The van der Waals surface area contributed by atoms with Crippen LogP contribution in [0.5, 0.6) is 5.75 Å². The van der Waals surface area contributed by atoms with E-state index in [9.17, 15) is 9.90 Å². The van der Waals surface area contributed by atoms with Crippen LogP contribution in [0.15, 0.2) is 18.2 Å². The maximum absolute atomic E-state index is 10.7. The molecule has 0 saturated carbocycles. The monoisotopic (exact) mass is 205 g/mol. The molecular formula is C12H15NO2. The number of nitrogens with zero attached hydrogens (tertiary/aromatic N) is 1. The van der Waals surface area contributed by atoms with E-state index >= 15 is 0 Å². The fraction of sp³-hybridized carbons (Fsp3) is 0.417. The molecule has 1 aliphatic heterocycles. The van der Waals surface area contributed by atoms with Gasteiger partial charge in [0.2, 0.25) is 6.41 Å². The van der Waals surface area contributed by atoms with E-state index in [2.05, 4.69) is 0 Å². The van der Waals surface area contributed by atoms with Crippen LogP contribution in [0.4, 0.5) is 0 Å². The van der Waals surface area contributed by atoms with E-state index in [-0.39, 0.29) is 0 Å². The van der Waals surface area contributed by atoms with E-state index in [4.69, 9.17) is 0 Å². The lowest BCUT2D eigenvalue weighted by molar-refractivity contribution is -0.118. The van der Waals surface area contributed by atoms with Crippen LogP contribution in [0, 0.1) is 0 Å². The van der Waals surface area contributed by atoms with Crippen molar-refractivity contribution in [2.24, 2.45) is 0 Å². The van der Waals surface area contributed by atoms with E-state index in [0.717, 1.165) is 44.3 Å². The lowest BCUT2D eigenvalue weighted by Crippen LogP contribution is -2.28. The van der Waals surface area contributed by atoms with Crippen LogP contribution in [0.2, 0.25) is 0 Å². The molecule has 3 heteroatoms. The summed E-state index contributed by atoms with van der Waals surface area (Å²) in [7, 11) is 0. The van der Waals surface area contributed by atoms with Crippen molar-refractivity contribution in [2.45, 2.75) is 19.3 Å². The van der Waals surface area contributed by atoms with Gasteiger partial charge in [-0.3, -0.25) is 4.79 Å². The molecular weight excluding hydrogens is 190 g/mol. The quantitative estimate of drug-likeness (QED) is 0.703. The van der Waals surface area contributed by atoms with Gasteiger partial charge in [0.25, 0.3) is 0 Å². The number of hydrogen-bond donors (Lipinski definition) is 1. The first-order valence-electron chi connectivity index (χ1n) is 5.30. The van der Waals surface area contributed by atoms with Crippen molar-refractivity contribution in [2.75, 3.05) is 13.1 Å². The third-order valence-electron chi connectivity index (χ3n) is 2.94. The highest BCUT2D eigenvalue weighted by molar-refractivity contribution is 5.48. The topological polar surface area (TPSA) is 40.5 Å². The Kier molecular flexibility index (Phi) is 2.90. The lowest BCUT2D eigenvalue weighted by Gasteiger charge is -2.22.